The summed E-state index contributed by atoms with van der Waals surface area (Å²) in [7, 11) is -1.78. The first kappa shape index (κ1) is 14.5. The van der Waals surface area contributed by atoms with Crippen LogP contribution in [0.3, 0.4) is 0 Å². The third-order valence-corrected chi connectivity index (χ3v) is 5.41. The summed E-state index contributed by atoms with van der Waals surface area (Å²) in [6.07, 6.45) is 3.73. The lowest BCUT2D eigenvalue weighted by Crippen LogP contribution is -2.39. The molecule has 0 bridgehead atoms. The number of nitrogens with one attached hydrogen (secondary N) is 1. The normalized spacial score (nSPS) is 20.9. The van der Waals surface area contributed by atoms with Crippen LogP contribution >= 0.6 is 0 Å². The van der Waals surface area contributed by atoms with E-state index < -0.39 is 10.0 Å². The first-order chi connectivity index (χ1) is 9.05. The maximum Gasteiger partial charge on any atom is 0.259 e. The number of sulfonamides is 1. The van der Waals surface area contributed by atoms with Crippen LogP contribution < -0.4 is 5.32 Å². The lowest BCUT2D eigenvalue weighted by atomic mass is 10.00. The lowest BCUT2D eigenvalue weighted by molar-refractivity contribution is 0.313. The molecule has 0 aromatic carbocycles. The monoisotopic (exact) mass is 286 g/mol. The summed E-state index contributed by atoms with van der Waals surface area (Å²) in [6.45, 7) is 4.93. The van der Waals surface area contributed by atoms with Gasteiger partial charge in [0.1, 0.15) is 0 Å². The van der Waals surface area contributed by atoms with Crippen LogP contribution in [0.25, 0.3) is 0 Å². The van der Waals surface area contributed by atoms with Crippen molar-refractivity contribution in [2.45, 2.75) is 31.3 Å². The second kappa shape index (κ2) is 6.02. The van der Waals surface area contributed by atoms with E-state index in [4.69, 9.17) is 0 Å². The van der Waals surface area contributed by atoms with Gasteiger partial charge < -0.3 is 5.32 Å². The smallest absolute Gasteiger partial charge is 0.259 e. The third-order valence-electron chi connectivity index (χ3n) is 3.57. The Morgan fingerprint density at radius 2 is 2.37 bits per heavy atom. The molecule has 0 amide bonds. The van der Waals surface area contributed by atoms with Gasteiger partial charge in [0.15, 0.2) is 5.03 Å². The molecule has 1 saturated heterocycles. The van der Waals surface area contributed by atoms with Crippen molar-refractivity contribution >= 4 is 10.0 Å². The first-order valence-corrected chi connectivity index (χ1v) is 8.18. The summed E-state index contributed by atoms with van der Waals surface area (Å²) in [4.78, 5) is 0. The summed E-state index contributed by atoms with van der Waals surface area (Å²) in [5.74, 6) is 0.395. The highest BCUT2D eigenvalue weighted by Crippen LogP contribution is 2.18. The average molecular weight is 286 g/mol. The van der Waals surface area contributed by atoms with E-state index in [-0.39, 0.29) is 5.03 Å². The topological polar surface area (TPSA) is 67.2 Å². The van der Waals surface area contributed by atoms with Gasteiger partial charge in [0.05, 0.1) is 6.20 Å². The minimum atomic E-state index is -3.43. The van der Waals surface area contributed by atoms with E-state index in [1.54, 1.807) is 13.1 Å². The Morgan fingerprint density at radius 3 is 3.00 bits per heavy atom. The van der Waals surface area contributed by atoms with Gasteiger partial charge in [-0.2, -0.15) is 9.40 Å². The van der Waals surface area contributed by atoms with Gasteiger partial charge in [-0.05, 0) is 44.8 Å². The summed E-state index contributed by atoms with van der Waals surface area (Å²) < 4.78 is 28.0. The average Bonchev–Trinajstić information content (AvgIpc) is 2.88. The first-order valence-electron chi connectivity index (χ1n) is 6.74. The van der Waals surface area contributed by atoms with Gasteiger partial charge in [0.2, 0.25) is 0 Å². The zero-order valence-corrected chi connectivity index (χ0v) is 12.4. The molecule has 7 heteroatoms. The fraction of sp³-hybridized carbons (Fsp3) is 0.750. The molecule has 1 aromatic heterocycles. The molecule has 0 spiro atoms. The summed E-state index contributed by atoms with van der Waals surface area (Å²) in [5.41, 5.74) is 0. The van der Waals surface area contributed by atoms with Crippen LogP contribution in [0.5, 0.6) is 0 Å². The molecule has 2 rings (SSSR count). The predicted molar refractivity (Wildman–Crippen MR) is 73.3 cm³/mol. The SMILES string of the molecule is CCn1nccc1S(=O)(=O)N(C)C[C@@H]1CCCNC1. The van der Waals surface area contributed by atoms with Crippen molar-refractivity contribution in [1.82, 2.24) is 19.4 Å². The molecule has 0 saturated carbocycles. The number of hydrogen-bond donors (Lipinski definition) is 1. The van der Waals surface area contributed by atoms with Gasteiger partial charge in [-0.1, -0.05) is 0 Å². The molecule has 0 unspecified atom stereocenters. The van der Waals surface area contributed by atoms with Crippen LogP contribution in [0.4, 0.5) is 0 Å². The van der Waals surface area contributed by atoms with Crippen molar-refractivity contribution in [3.8, 4) is 0 Å². The van der Waals surface area contributed by atoms with Crippen molar-refractivity contribution in [3.05, 3.63) is 12.3 Å². The second-order valence-electron chi connectivity index (χ2n) is 4.98. The van der Waals surface area contributed by atoms with Gasteiger partial charge in [0, 0.05) is 20.1 Å². The van der Waals surface area contributed by atoms with E-state index >= 15 is 0 Å². The molecule has 1 aliphatic rings. The predicted octanol–water partition coefficient (Wildman–Crippen LogP) is 0.523. The molecule has 1 aliphatic heterocycles. The highest BCUT2D eigenvalue weighted by Gasteiger charge is 2.27. The van der Waals surface area contributed by atoms with Gasteiger partial charge in [-0.15, -0.1) is 0 Å². The maximum absolute atomic E-state index is 12.5. The van der Waals surface area contributed by atoms with Crippen molar-refractivity contribution < 1.29 is 8.42 Å². The molecular weight excluding hydrogens is 264 g/mol. The summed E-state index contributed by atoms with van der Waals surface area (Å²) in [6, 6.07) is 1.56. The third kappa shape index (κ3) is 3.16. The van der Waals surface area contributed by atoms with Crippen LogP contribution in [0, 0.1) is 5.92 Å². The van der Waals surface area contributed by atoms with E-state index in [1.165, 1.54) is 15.2 Å². The molecular formula is C12H22N4O2S. The second-order valence-corrected chi connectivity index (χ2v) is 6.97. The quantitative estimate of drug-likeness (QED) is 0.857. The Labute approximate surface area is 114 Å². The van der Waals surface area contributed by atoms with Crippen molar-refractivity contribution in [2.75, 3.05) is 26.7 Å². The minimum Gasteiger partial charge on any atom is -0.316 e. The lowest BCUT2D eigenvalue weighted by Gasteiger charge is -2.27. The van der Waals surface area contributed by atoms with E-state index in [0.29, 0.717) is 19.0 Å². The summed E-state index contributed by atoms with van der Waals surface area (Å²) >= 11 is 0. The molecule has 6 nitrogen and oxygen atoms in total. The highest BCUT2D eigenvalue weighted by molar-refractivity contribution is 7.89. The van der Waals surface area contributed by atoms with Crippen LogP contribution in [0.15, 0.2) is 17.3 Å². The number of piperidine rings is 1. The van der Waals surface area contributed by atoms with Gasteiger partial charge in [0.25, 0.3) is 10.0 Å². The Balaban J connectivity index is 2.10. The maximum atomic E-state index is 12.5. The number of aromatic nitrogens is 2. The van der Waals surface area contributed by atoms with Gasteiger partial charge in [-0.3, -0.25) is 4.68 Å². The van der Waals surface area contributed by atoms with Crippen LogP contribution in [0.1, 0.15) is 19.8 Å². The van der Waals surface area contributed by atoms with E-state index in [0.717, 1.165) is 25.9 Å². The van der Waals surface area contributed by atoms with Gasteiger partial charge >= 0.3 is 0 Å². The number of rotatable bonds is 5. The Morgan fingerprint density at radius 1 is 1.58 bits per heavy atom. The summed E-state index contributed by atoms with van der Waals surface area (Å²) in [5, 5.41) is 7.62. The van der Waals surface area contributed by atoms with Crippen molar-refractivity contribution in [2.24, 2.45) is 5.92 Å². The number of aryl methyl sites for hydroxylation is 1. The molecule has 0 radical (unpaired) electrons. The molecule has 0 aliphatic carbocycles. The molecule has 19 heavy (non-hydrogen) atoms. The largest absolute Gasteiger partial charge is 0.316 e. The number of hydrogen-bond acceptors (Lipinski definition) is 4. The number of nitrogens with zero attached hydrogens (tertiary/aromatic N) is 3. The fourth-order valence-electron chi connectivity index (χ4n) is 2.48. The molecule has 108 valence electrons. The Hall–Kier alpha value is -0.920. The molecule has 1 fully saturated rings. The molecule has 1 N–H and O–H groups in total. The van der Waals surface area contributed by atoms with Gasteiger partial charge in [-0.25, -0.2) is 8.42 Å². The zero-order chi connectivity index (χ0) is 13.9. The van der Waals surface area contributed by atoms with E-state index in [1.807, 2.05) is 6.92 Å². The standard InChI is InChI=1S/C12H22N4O2S/c1-3-16-12(6-8-14-16)19(17,18)15(2)10-11-5-4-7-13-9-11/h6,8,11,13H,3-5,7,9-10H2,1-2H3/t11-/m1/s1. The highest BCUT2D eigenvalue weighted by atomic mass is 32.2. The van der Waals surface area contributed by atoms with Crippen molar-refractivity contribution in [1.29, 1.82) is 0 Å². The molecule has 1 atom stereocenters. The van der Waals surface area contributed by atoms with Crippen LogP contribution in [-0.4, -0.2) is 49.2 Å². The zero-order valence-electron chi connectivity index (χ0n) is 11.5. The fourth-order valence-corrected chi connectivity index (χ4v) is 3.88. The van der Waals surface area contributed by atoms with E-state index in [9.17, 15) is 8.42 Å². The van der Waals surface area contributed by atoms with Crippen LogP contribution in [0.2, 0.25) is 0 Å². The molecule has 2 heterocycles. The Bertz CT molecular complexity index is 506. The molecule has 1 aromatic rings. The Kier molecular flexibility index (Phi) is 4.59. The van der Waals surface area contributed by atoms with Crippen LogP contribution in [-0.2, 0) is 16.6 Å². The van der Waals surface area contributed by atoms with E-state index in [2.05, 4.69) is 10.4 Å². The minimum absolute atomic E-state index is 0.279. The van der Waals surface area contributed by atoms with Crippen molar-refractivity contribution in [3.63, 3.8) is 0 Å².